The SMILES string of the molecule is Cc1ccc(NCc2nnc3ccccn23)cc1. The van der Waals surface area contributed by atoms with Crippen LogP contribution in [0.1, 0.15) is 11.4 Å². The van der Waals surface area contributed by atoms with Crippen LogP contribution in [0.4, 0.5) is 5.69 Å². The Bertz CT molecular complexity index is 655. The van der Waals surface area contributed by atoms with E-state index < -0.39 is 0 Å². The third-order valence-corrected chi connectivity index (χ3v) is 2.89. The van der Waals surface area contributed by atoms with Crippen LogP contribution >= 0.6 is 0 Å². The quantitative estimate of drug-likeness (QED) is 0.762. The largest absolute Gasteiger partial charge is 0.378 e. The molecule has 0 amide bonds. The van der Waals surface area contributed by atoms with Gasteiger partial charge in [-0.3, -0.25) is 4.40 Å². The van der Waals surface area contributed by atoms with Gasteiger partial charge in [0.25, 0.3) is 0 Å². The van der Waals surface area contributed by atoms with Crippen molar-refractivity contribution in [3.8, 4) is 0 Å². The number of benzene rings is 1. The molecule has 1 aromatic carbocycles. The molecule has 4 heteroatoms. The van der Waals surface area contributed by atoms with Crippen molar-refractivity contribution < 1.29 is 0 Å². The average molecular weight is 238 g/mol. The molecule has 0 atom stereocenters. The summed E-state index contributed by atoms with van der Waals surface area (Å²) in [7, 11) is 0. The molecule has 2 heterocycles. The minimum atomic E-state index is 0.661. The fourth-order valence-electron chi connectivity index (χ4n) is 1.86. The molecule has 3 rings (SSSR count). The molecule has 0 saturated carbocycles. The summed E-state index contributed by atoms with van der Waals surface area (Å²) >= 11 is 0. The van der Waals surface area contributed by atoms with Crippen LogP contribution < -0.4 is 5.32 Å². The molecule has 0 spiro atoms. The first-order chi connectivity index (χ1) is 8.83. The van der Waals surface area contributed by atoms with E-state index in [0.717, 1.165) is 17.2 Å². The van der Waals surface area contributed by atoms with Crippen LogP contribution in [0, 0.1) is 6.92 Å². The Kier molecular flexibility index (Phi) is 2.68. The van der Waals surface area contributed by atoms with Crippen molar-refractivity contribution >= 4 is 11.3 Å². The molecular weight excluding hydrogens is 224 g/mol. The molecule has 2 aromatic heterocycles. The highest BCUT2D eigenvalue weighted by Crippen LogP contribution is 2.10. The third-order valence-electron chi connectivity index (χ3n) is 2.89. The molecule has 0 aliphatic rings. The molecule has 3 aromatic rings. The van der Waals surface area contributed by atoms with Gasteiger partial charge in [-0.2, -0.15) is 0 Å². The number of nitrogens with zero attached hydrogens (tertiary/aromatic N) is 3. The van der Waals surface area contributed by atoms with E-state index in [1.807, 2.05) is 28.8 Å². The zero-order valence-electron chi connectivity index (χ0n) is 10.2. The molecule has 18 heavy (non-hydrogen) atoms. The summed E-state index contributed by atoms with van der Waals surface area (Å²) in [5.41, 5.74) is 3.22. The summed E-state index contributed by atoms with van der Waals surface area (Å²) in [4.78, 5) is 0. The number of anilines is 1. The lowest BCUT2D eigenvalue weighted by Crippen LogP contribution is -2.03. The molecule has 0 bridgehead atoms. The average Bonchev–Trinajstić information content (AvgIpc) is 2.82. The maximum Gasteiger partial charge on any atom is 0.160 e. The molecular formula is C14H14N4. The Labute approximate surface area is 105 Å². The molecule has 90 valence electrons. The predicted octanol–water partition coefficient (Wildman–Crippen LogP) is 2.65. The van der Waals surface area contributed by atoms with Crippen LogP contribution in [-0.2, 0) is 6.54 Å². The fourth-order valence-corrected chi connectivity index (χ4v) is 1.86. The van der Waals surface area contributed by atoms with Crippen molar-refractivity contribution in [1.82, 2.24) is 14.6 Å². The first-order valence-corrected chi connectivity index (χ1v) is 5.92. The van der Waals surface area contributed by atoms with Gasteiger partial charge < -0.3 is 5.32 Å². The number of pyridine rings is 1. The molecule has 1 N–H and O–H groups in total. The fraction of sp³-hybridized carbons (Fsp3) is 0.143. The zero-order chi connectivity index (χ0) is 12.4. The summed E-state index contributed by atoms with van der Waals surface area (Å²) in [5.74, 6) is 0.908. The number of aromatic nitrogens is 3. The van der Waals surface area contributed by atoms with Gasteiger partial charge in [0.15, 0.2) is 11.5 Å². The van der Waals surface area contributed by atoms with Gasteiger partial charge in [0, 0.05) is 11.9 Å². The van der Waals surface area contributed by atoms with Gasteiger partial charge in [0.2, 0.25) is 0 Å². The number of hydrogen-bond acceptors (Lipinski definition) is 3. The predicted molar refractivity (Wildman–Crippen MR) is 71.5 cm³/mol. The van der Waals surface area contributed by atoms with Gasteiger partial charge in [0.1, 0.15) is 0 Å². The van der Waals surface area contributed by atoms with Crippen molar-refractivity contribution in [3.63, 3.8) is 0 Å². The lowest BCUT2D eigenvalue weighted by molar-refractivity contribution is 0.917. The van der Waals surface area contributed by atoms with E-state index in [-0.39, 0.29) is 0 Å². The first kappa shape index (κ1) is 10.8. The summed E-state index contributed by atoms with van der Waals surface area (Å²) in [5, 5.41) is 11.6. The smallest absolute Gasteiger partial charge is 0.160 e. The molecule has 0 saturated heterocycles. The van der Waals surface area contributed by atoms with E-state index in [2.05, 4.69) is 46.7 Å². The molecule has 0 radical (unpaired) electrons. The highest BCUT2D eigenvalue weighted by atomic mass is 15.3. The van der Waals surface area contributed by atoms with Crippen molar-refractivity contribution in [2.45, 2.75) is 13.5 Å². The van der Waals surface area contributed by atoms with E-state index in [4.69, 9.17) is 0 Å². The summed E-state index contributed by atoms with van der Waals surface area (Å²) in [6.07, 6.45) is 1.97. The minimum absolute atomic E-state index is 0.661. The van der Waals surface area contributed by atoms with Crippen LogP contribution in [0.5, 0.6) is 0 Å². The van der Waals surface area contributed by atoms with E-state index in [1.165, 1.54) is 5.56 Å². The monoisotopic (exact) mass is 238 g/mol. The maximum absolute atomic E-state index is 4.18. The Balaban J connectivity index is 1.79. The summed E-state index contributed by atoms with van der Waals surface area (Å²) in [6, 6.07) is 14.2. The number of nitrogens with one attached hydrogen (secondary N) is 1. The third kappa shape index (κ3) is 2.05. The van der Waals surface area contributed by atoms with E-state index in [9.17, 15) is 0 Å². The second-order valence-corrected chi connectivity index (χ2v) is 4.26. The maximum atomic E-state index is 4.18. The van der Waals surface area contributed by atoms with Crippen molar-refractivity contribution in [1.29, 1.82) is 0 Å². The first-order valence-electron chi connectivity index (χ1n) is 5.92. The summed E-state index contributed by atoms with van der Waals surface area (Å²) < 4.78 is 1.99. The van der Waals surface area contributed by atoms with Crippen LogP contribution in [0.3, 0.4) is 0 Å². The van der Waals surface area contributed by atoms with Crippen LogP contribution in [-0.4, -0.2) is 14.6 Å². The second kappa shape index (κ2) is 4.49. The lowest BCUT2D eigenvalue weighted by atomic mass is 10.2. The molecule has 4 nitrogen and oxygen atoms in total. The highest BCUT2D eigenvalue weighted by Gasteiger charge is 2.03. The molecule has 0 fully saturated rings. The van der Waals surface area contributed by atoms with Gasteiger partial charge in [-0.1, -0.05) is 23.8 Å². The van der Waals surface area contributed by atoms with E-state index >= 15 is 0 Å². The minimum Gasteiger partial charge on any atom is -0.378 e. The van der Waals surface area contributed by atoms with Crippen molar-refractivity contribution in [3.05, 3.63) is 60.0 Å². The van der Waals surface area contributed by atoms with Crippen LogP contribution in [0.25, 0.3) is 5.65 Å². The normalized spacial score (nSPS) is 10.7. The summed E-state index contributed by atoms with van der Waals surface area (Å²) in [6.45, 7) is 2.74. The molecule has 0 aliphatic heterocycles. The number of hydrogen-bond donors (Lipinski definition) is 1. The lowest BCUT2D eigenvalue weighted by Gasteiger charge is -2.05. The van der Waals surface area contributed by atoms with Crippen molar-refractivity contribution in [2.24, 2.45) is 0 Å². The van der Waals surface area contributed by atoms with Crippen LogP contribution in [0.2, 0.25) is 0 Å². The molecule has 0 unspecified atom stereocenters. The van der Waals surface area contributed by atoms with Gasteiger partial charge in [-0.25, -0.2) is 0 Å². The van der Waals surface area contributed by atoms with Gasteiger partial charge in [-0.05, 0) is 31.2 Å². The second-order valence-electron chi connectivity index (χ2n) is 4.26. The van der Waals surface area contributed by atoms with E-state index in [1.54, 1.807) is 0 Å². The zero-order valence-corrected chi connectivity index (χ0v) is 10.2. The Morgan fingerprint density at radius 3 is 2.72 bits per heavy atom. The highest BCUT2D eigenvalue weighted by molar-refractivity contribution is 5.45. The van der Waals surface area contributed by atoms with Gasteiger partial charge in [0.05, 0.1) is 6.54 Å². The Morgan fingerprint density at radius 2 is 1.89 bits per heavy atom. The number of rotatable bonds is 3. The van der Waals surface area contributed by atoms with Gasteiger partial charge >= 0.3 is 0 Å². The molecule has 0 aliphatic carbocycles. The Hall–Kier alpha value is -2.36. The van der Waals surface area contributed by atoms with Crippen molar-refractivity contribution in [2.75, 3.05) is 5.32 Å². The van der Waals surface area contributed by atoms with E-state index in [0.29, 0.717) is 6.54 Å². The van der Waals surface area contributed by atoms with Crippen LogP contribution in [0.15, 0.2) is 48.7 Å². The Morgan fingerprint density at radius 1 is 1.06 bits per heavy atom. The number of aryl methyl sites for hydroxylation is 1. The topological polar surface area (TPSA) is 42.2 Å². The van der Waals surface area contributed by atoms with Gasteiger partial charge in [-0.15, -0.1) is 10.2 Å². The standard InChI is InChI=1S/C14H14N4/c1-11-5-7-12(8-6-11)15-10-14-17-16-13-4-2-3-9-18(13)14/h2-9,15H,10H2,1H3. The number of fused-ring (bicyclic) bond motifs is 1.